The Hall–Kier alpha value is -2.69. The molecule has 0 bridgehead atoms. The SMILES string of the molecule is Cc1ccc(Nc2nnc(SCC(=O)Nc3ccc(Cl)c([N+](=O)[O-])c3)s2)cc1. The Morgan fingerprint density at radius 1 is 1.21 bits per heavy atom. The van der Waals surface area contributed by atoms with Gasteiger partial charge in [0.2, 0.25) is 11.0 Å². The minimum atomic E-state index is -0.601. The fourth-order valence-electron chi connectivity index (χ4n) is 2.13. The van der Waals surface area contributed by atoms with Crippen LogP contribution in [0.4, 0.5) is 22.2 Å². The maximum absolute atomic E-state index is 12.1. The second kappa shape index (κ2) is 9.00. The van der Waals surface area contributed by atoms with Gasteiger partial charge in [0.25, 0.3) is 5.69 Å². The van der Waals surface area contributed by atoms with Crippen LogP contribution in [0.15, 0.2) is 46.8 Å². The third-order valence-electron chi connectivity index (χ3n) is 3.46. The molecule has 11 heteroatoms. The summed E-state index contributed by atoms with van der Waals surface area (Å²) in [6, 6.07) is 12.0. The van der Waals surface area contributed by atoms with E-state index in [4.69, 9.17) is 11.6 Å². The lowest BCUT2D eigenvalue weighted by atomic mass is 10.2. The molecular weight excluding hydrogens is 422 g/mol. The first kappa shape index (κ1) is 20.1. The highest BCUT2D eigenvalue weighted by molar-refractivity contribution is 8.01. The van der Waals surface area contributed by atoms with E-state index in [0.717, 1.165) is 11.3 Å². The molecule has 2 N–H and O–H groups in total. The monoisotopic (exact) mass is 435 g/mol. The lowest BCUT2D eigenvalue weighted by Crippen LogP contribution is -2.14. The van der Waals surface area contributed by atoms with Crippen LogP contribution in [0, 0.1) is 17.0 Å². The molecule has 0 unspecified atom stereocenters. The number of benzene rings is 2. The number of carbonyl (C=O) groups excluding carboxylic acids is 1. The number of nitrogens with zero attached hydrogens (tertiary/aromatic N) is 3. The summed E-state index contributed by atoms with van der Waals surface area (Å²) >= 11 is 8.32. The van der Waals surface area contributed by atoms with E-state index in [1.165, 1.54) is 41.3 Å². The second-order valence-corrected chi connectivity index (χ2v) is 8.23. The predicted molar refractivity (Wildman–Crippen MR) is 112 cm³/mol. The van der Waals surface area contributed by atoms with Gasteiger partial charge in [0.1, 0.15) is 5.02 Å². The summed E-state index contributed by atoms with van der Waals surface area (Å²) in [6.45, 7) is 2.01. The number of hydrogen-bond acceptors (Lipinski definition) is 8. The van der Waals surface area contributed by atoms with Crippen molar-refractivity contribution in [2.24, 2.45) is 0 Å². The van der Waals surface area contributed by atoms with Crippen LogP contribution in [0.3, 0.4) is 0 Å². The number of thioether (sulfide) groups is 1. The van der Waals surface area contributed by atoms with Gasteiger partial charge in [0.05, 0.1) is 10.7 Å². The van der Waals surface area contributed by atoms with E-state index in [9.17, 15) is 14.9 Å². The Balaban J connectivity index is 1.54. The van der Waals surface area contributed by atoms with Crippen LogP contribution in [0.25, 0.3) is 0 Å². The molecule has 3 aromatic rings. The lowest BCUT2D eigenvalue weighted by molar-refractivity contribution is -0.384. The highest BCUT2D eigenvalue weighted by Gasteiger charge is 2.14. The summed E-state index contributed by atoms with van der Waals surface area (Å²) in [5.74, 6) is -0.222. The highest BCUT2D eigenvalue weighted by Crippen LogP contribution is 2.29. The van der Waals surface area contributed by atoms with Crippen LogP contribution in [0.1, 0.15) is 5.56 Å². The maximum Gasteiger partial charge on any atom is 0.289 e. The number of aryl methyl sites for hydroxylation is 1. The Bertz CT molecular complexity index is 1010. The average Bonchev–Trinajstić information content (AvgIpc) is 3.11. The van der Waals surface area contributed by atoms with Gasteiger partial charge in [0.15, 0.2) is 4.34 Å². The third kappa shape index (κ3) is 5.41. The average molecular weight is 436 g/mol. The van der Waals surface area contributed by atoms with E-state index in [1.54, 1.807) is 0 Å². The molecule has 8 nitrogen and oxygen atoms in total. The van der Waals surface area contributed by atoms with Crippen molar-refractivity contribution in [3.63, 3.8) is 0 Å². The topological polar surface area (TPSA) is 110 Å². The molecule has 3 rings (SSSR count). The van der Waals surface area contributed by atoms with E-state index in [1.807, 2.05) is 31.2 Å². The number of carbonyl (C=O) groups is 1. The number of hydrogen-bond donors (Lipinski definition) is 2. The largest absolute Gasteiger partial charge is 0.330 e. The molecular formula is C17H14ClN5O3S2. The molecule has 2 aromatic carbocycles. The van der Waals surface area contributed by atoms with Gasteiger partial charge in [-0.3, -0.25) is 14.9 Å². The van der Waals surface area contributed by atoms with E-state index >= 15 is 0 Å². The van der Waals surface area contributed by atoms with Gasteiger partial charge in [-0.25, -0.2) is 0 Å². The predicted octanol–water partition coefficient (Wildman–Crippen LogP) is 4.88. The molecule has 0 fully saturated rings. The molecule has 0 aliphatic rings. The van der Waals surface area contributed by atoms with Gasteiger partial charge in [-0.15, -0.1) is 10.2 Å². The number of halogens is 1. The number of nitro groups is 1. The fraction of sp³-hybridized carbons (Fsp3) is 0.118. The van der Waals surface area contributed by atoms with Crippen molar-refractivity contribution in [1.82, 2.24) is 10.2 Å². The van der Waals surface area contributed by atoms with Crippen LogP contribution in [-0.2, 0) is 4.79 Å². The van der Waals surface area contributed by atoms with E-state index < -0.39 is 4.92 Å². The summed E-state index contributed by atoms with van der Waals surface area (Å²) in [6.07, 6.45) is 0. The zero-order chi connectivity index (χ0) is 20.1. The number of nitrogens with one attached hydrogen (secondary N) is 2. The molecule has 0 spiro atoms. The third-order valence-corrected chi connectivity index (χ3v) is 5.75. The molecule has 0 aliphatic carbocycles. The van der Waals surface area contributed by atoms with Crippen molar-refractivity contribution in [3.05, 3.63) is 63.2 Å². The molecule has 0 radical (unpaired) electrons. The van der Waals surface area contributed by atoms with Crippen molar-refractivity contribution in [1.29, 1.82) is 0 Å². The Morgan fingerprint density at radius 2 is 1.93 bits per heavy atom. The molecule has 0 aliphatic heterocycles. The van der Waals surface area contributed by atoms with Gasteiger partial charge in [-0.05, 0) is 31.2 Å². The van der Waals surface area contributed by atoms with E-state index in [2.05, 4.69) is 20.8 Å². The number of nitro benzene ring substituents is 1. The summed E-state index contributed by atoms with van der Waals surface area (Å²) in [4.78, 5) is 22.4. The minimum Gasteiger partial charge on any atom is -0.330 e. The number of aromatic nitrogens is 2. The number of rotatable bonds is 7. The highest BCUT2D eigenvalue weighted by atomic mass is 35.5. The van der Waals surface area contributed by atoms with Crippen molar-refractivity contribution < 1.29 is 9.72 Å². The molecule has 0 saturated carbocycles. The van der Waals surface area contributed by atoms with Crippen LogP contribution in [-0.4, -0.2) is 26.8 Å². The van der Waals surface area contributed by atoms with Gasteiger partial charge in [-0.2, -0.15) is 0 Å². The Kier molecular flexibility index (Phi) is 6.45. The van der Waals surface area contributed by atoms with Crippen LogP contribution in [0.5, 0.6) is 0 Å². The van der Waals surface area contributed by atoms with E-state index in [-0.39, 0.29) is 22.4 Å². The molecule has 0 saturated heterocycles. The number of anilines is 3. The summed E-state index contributed by atoms with van der Waals surface area (Å²) in [7, 11) is 0. The van der Waals surface area contributed by atoms with Crippen molar-refractivity contribution >= 4 is 62.8 Å². The second-order valence-electron chi connectivity index (χ2n) is 5.62. The van der Waals surface area contributed by atoms with Crippen molar-refractivity contribution in [3.8, 4) is 0 Å². The summed E-state index contributed by atoms with van der Waals surface area (Å²) in [5.41, 5.74) is 2.11. The van der Waals surface area contributed by atoms with Gasteiger partial charge < -0.3 is 10.6 Å². The van der Waals surface area contributed by atoms with Gasteiger partial charge in [0, 0.05) is 17.4 Å². The Labute approximate surface area is 173 Å². The Morgan fingerprint density at radius 3 is 2.64 bits per heavy atom. The molecule has 144 valence electrons. The zero-order valence-electron chi connectivity index (χ0n) is 14.5. The fourth-order valence-corrected chi connectivity index (χ4v) is 3.89. The molecule has 1 amide bonds. The number of amides is 1. The summed E-state index contributed by atoms with van der Waals surface area (Å²) < 4.78 is 0.631. The summed E-state index contributed by atoms with van der Waals surface area (Å²) in [5, 5.41) is 25.4. The van der Waals surface area contributed by atoms with Crippen LogP contribution >= 0.6 is 34.7 Å². The van der Waals surface area contributed by atoms with Crippen LogP contribution < -0.4 is 10.6 Å². The van der Waals surface area contributed by atoms with Crippen LogP contribution in [0.2, 0.25) is 5.02 Å². The first-order chi connectivity index (χ1) is 13.4. The first-order valence-corrected chi connectivity index (χ1v) is 10.1. The molecule has 28 heavy (non-hydrogen) atoms. The standard InChI is InChI=1S/C17H14ClN5O3S2/c1-10-2-4-11(5-3-10)20-16-21-22-17(28-16)27-9-15(24)19-12-6-7-13(18)14(8-12)23(25)26/h2-8H,9H2,1H3,(H,19,24)(H,20,21). The maximum atomic E-state index is 12.1. The minimum absolute atomic E-state index is 0.0137. The van der Waals surface area contributed by atoms with E-state index in [0.29, 0.717) is 15.2 Å². The van der Waals surface area contributed by atoms with Gasteiger partial charge in [-0.1, -0.05) is 52.4 Å². The molecule has 1 aromatic heterocycles. The van der Waals surface area contributed by atoms with Gasteiger partial charge >= 0.3 is 0 Å². The molecule has 0 atom stereocenters. The first-order valence-electron chi connectivity index (χ1n) is 7.94. The normalized spacial score (nSPS) is 10.5. The smallest absolute Gasteiger partial charge is 0.289 e. The van der Waals surface area contributed by atoms with Crippen molar-refractivity contribution in [2.75, 3.05) is 16.4 Å². The van der Waals surface area contributed by atoms with Crippen molar-refractivity contribution in [2.45, 2.75) is 11.3 Å². The zero-order valence-corrected chi connectivity index (χ0v) is 16.9. The molecule has 1 heterocycles. The quantitative estimate of drug-likeness (QED) is 0.309. The lowest BCUT2D eigenvalue weighted by Gasteiger charge is -2.04.